The highest BCUT2D eigenvalue weighted by atomic mass is 15.2. The fourth-order valence-electron chi connectivity index (χ4n) is 4.24. The van der Waals surface area contributed by atoms with Gasteiger partial charge in [-0.3, -0.25) is 4.90 Å². The highest BCUT2D eigenvalue weighted by Crippen LogP contribution is 2.44. The molecule has 0 amide bonds. The molecule has 1 saturated carbocycles. The van der Waals surface area contributed by atoms with Crippen LogP contribution in [0, 0.1) is 0 Å². The van der Waals surface area contributed by atoms with E-state index in [9.17, 15) is 0 Å². The van der Waals surface area contributed by atoms with Crippen LogP contribution < -0.4 is 5.73 Å². The molecule has 1 saturated heterocycles. The number of rotatable bonds is 4. The van der Waals surface area contributed by atoms with Gasteiger partial charge in [-0.15, -0.1) is 0 Å². The molecule has 1 aliphatic heterocycles. The second kappa shape index (κ2) is 5.87. The molecule has 0 bridgehead atoms. The van der Waals surface area contributed by atoms with Crippen molar-refractivity contribution in [2.75, 3.05) is 13.1 Å². The van der Waals surface area contributed by atoms with Crippen LogP contribution >= 0.6 is 0 Å². The summed E-state index contributed by atoms with van der Waals surface area (Å²) >= 11 is 0. The minimum atomic E-state index is 0.175. The third-order valence-electron chi connectivity index (χ3n) is 5.53. The van der Waals surface area contributed by atoms with Crippen LogP contribution in [-0.4, -0.2) is 23.5 Å². The van der Waals surface area contributed by atoms with Gasteiger partial charge in [-0.2, -0.15) is 0 Å². The Bertz CT molecular complexity index is 425. The van der Waals surface area contributed by atoms with Gasteiger partial charge in [0.1, 0.15) is 0 Å². The molecule has 110 valence electrons. The molecule has 2 N–H and O–H groups in total. The fourth-order valence-corrected chi connectivity index (χ4v) is 4.24. The lowest BCUT2D eigenvalue weighted by Gasteiger charge is -2.43. The molecule has 1 atom stereocenters. The van der Waals surface area contributed by atoms with Crippen molar-refractivity contribution >= 4 is 0 Å². The van der Waals surface area contributed by atoms with Crippen LogP contribution in [0.4, 0.5) is 0 Å². The summed E-state index contributed by atoms with van der Waals surface area (Å²) in [6.07, 6.45) is 9.06. The summed E-state index contributed by atoms with van der Waals surface area (Å²) in [4.78, 5) is 2.71. The third-order valence-corrected chi connectivity index (χ3v) is 5.53. The third kappa shape index (κ3) is 2.40. The van der Waals surface area contributed by atoms with Crippen molar-refractivity contribution in [2.45, 2.75) is 63.5 Å². The highest BCUT2D eigenvalue weighted by molar-refractivity contribution is 5.28. The lowest BCUT2D eigenvalue weighted by atomic mass is 9.82. The molecule has 3 rings (SSSR count). The smallest absolute Gasteiger partial charge is 0.0482 e. The topological polar surface area (TPSA) is 29.3 Å². The van der Waals surface area contributed by atoms with Crippen molar-refractivity contribution in [3.05, 3.63) is 35.4 Å². The van der Waals surface area contributed by atoms with Gasteiger partial charge < -0.3 is 5.73 Å². The molecule has 2 heteroatoms. The number of likely N-dealkylation sites (tertiary alicyclic amines) is 1. The van der Waals surface area contributed by atoms with Gasteiger partial charge in [-0.05, 0) is 56.3 Å². The maximum Gasteiger partial charge on any atom is 0.0482 e. The fraction of sp³-hybridized carbons (Fsp3) is 0.667. The minimum absolute atomic E-state index is 0.175. The van der Waals surface area contributed by atoms with E-state index in [0.717, 1.165) is 6.42 Å². The SMILES string of the molecule is CCc1ccc(C(N)C2(N3CCCC3)CCCC2)cc1. The quantitative estimate of drug-likeness (QED) is 0.906. The number of benzene rings is 1. The molecule has 1 heterocycles. The van der Waals surface area contributed by atoms with Gasteiger partial charge in [-0.1, -0.05) is 44.0 Å². The van der Waals surface area contributed by atoms with E-state index in [4.69, 9.17) is 5.73 Å². The highest BCUT2D eigenvalue weighted by Gasteiger charge is 2.45. The van der Waals surface area contributed by atoms with E-state index in [0.29, 0.717) is 0 Å². The average molecular weight is 272 g/mol. The summed E-state index contributed by atoms with van der Waals surface area (Å²) in [6.45, 7) is 4.71. The van der Waals surface area contributed by atoms with Gasteiger partial charge >= 0.3 is 0 Å². The minimum Gasteiger partial charge on any atom is -0.322 e. The predicted octanol–water partition coefficient (Wildman–Crippen LogP) is 3.66. The summed E-state index contributed by atoms with van der Waals surface area (Å²) in [5.41, 5.74) is 9.74. The number of aryl methyl sites for hydroxylation is 1. The first kappa shape index (κ1) is 14.1. The molecule has 2 fully saturated rings. The molecule has 1 aromatic rings. The molecular weight excluding hydrogens is 244 g/mol. The van der Waals surface area contributed by atoms with Crippen molar-refractivity contribution < 1.29 is 0 Å². The van der Waals surface area contributed by atoms with Gasteiger partial charge in [0.25, 0.3) is 0 Å². The van der Waals surface area contributed by atoms with E-state index < -0.39 is 0 Å². The largest absolute Gasteiger partial charge is 0.322 e. The van der Waals surface area contributed by atoms with Crippen LogP contribution in [0.25, 0.3) is 0 Å². The molecule has 1 aromatic carbocycles. The zero-order chi connectivity index (χ0) is 14.0. The number of hydrogen-bond donors (Lipinski definition) is 1. The van der Waals surface area contributed by atoms with Gasteiger partial charge in [0.05, 0.1) is 0 Å². The first-order chi connectivity index (χ1) is 9.76. The van der Waals surface area contributed by atoms with E-state index in [1.165, 1.54) is 62.7 Å². The maximum atomic E-state index is 6.76. The Hall–Kier alpha value is -0.860. The summed E-state index contributed by atoms with van der Waals surface area (Å²) in [6, 6.07) is 9.21. The first-order valence-corrected chi connectivity index (χ1v) is 8.36. The Morgan fingerprint density at radius 1 is 1.05 bits per heavy atom. The zero-order valence-corrected chi connectivity index (χ0v) is 12.8. The Balaban J connectivity index is 1.86. The monoisotopic (exact) mass is 272 g/mol. The van der Waals surface area contributed by atoms with Crippen molar-refractivity contribution in [3.63, 3.8) is 0 Å². The second-order valence-electron chi connectivity index (χ2n) is 6.58. The van der Waals surface area contributed by atoms with E-state index in [-0.39, 0.29) is 11.6 Å². The molecule has 1 unspecified atom stereocenters. The summed E-state index contributed by atoms with van der Waals surface area (Å²) in [7, 11) is 0. The van der Waals surface area contributed by atoms with Crippen molar-refractivity contribution in [1.82, 2.24) is 4.90 Å². The Kier molecular flexibility index (Phi) is 4.13. The van der Waals surface area contributed by atoms with Crippen LogP contribution in [0.5, 0.6) is 0 Å². The number of hydrogen-bond acceptors (Lipinski definition) is 2. The lowest BCUT2D eigenvalue weighted by molar-refractivity contribution is 0.0922. The van der Waals surface area contributed by atoms with E-state index >= 15 is 0 Å². The van der Waals surface area contributed by atoms with E-state index in [2.05, 4.69) is 36.1 Å². The Labute approximate surface area is 123 Å². The lowest BCUT2D eigenvalue weighted by Crippen LogP contribution is -2.52. The van der Waals surface area contributed by atoms with E-state index in [1.807, 2.05) is 0 Å². The van der Waals surface area contributed by atoms with Gasteiger partial charge in [0.2, 0.25) is 0 Å². The van der Waals surface area contributed by atoms with E-state index in [1.54, 1.807) is 0 Å². The van der Waals surface area contributed by atoms with Crippen LogP contribution in [0.3, 0.4) is 0 Å². The Morgan fingerprint density at radius 2 is 1.65 bits per heavy atom. The molecule has 0 radical (unpaired) electrons. The Morgan fingerprint density at radius 3 is 2.20 bits per heavy atom. The molecule has 2 nitrogen and oxygen atoms in total. The predicted molar refractivity (Wildman–Crippen MR) is 84.8 cm³/mol. The van der Waals surface area contributed by atoms with Gasteiger partial charge in [-0.25, -0.2) is 0 Å². The average Bonchev–Trinajstić information content (AvgIpc) is 3.18. The van der Waals surface area contributed by atoms with Gasteiger partial charge in [0, 0.05) is 11.6 Å². The standard InChI is InChI=1S/C18H28N2/c1-2-15-7-9-16(10-8-15)17(19)18(11-3-4-12-18)20-13-5-6-14-20/h7-10,17H,2-6,11-14,19H2,1H3. The molecule has 1 aliphatic carbocycles. The second-order valence-corrected chi connectivity index (χ2v) is 6.58. The van der Waals surface area contributed by atoms with Crippen molar-refractivity contribution in [2.24, 2.45) is 5.73 Å². The van der Waals surface area contributed by atoms with Crippen LogP contribution in [0.1, 0.15) is 62.6 Å². The number of nitrogens with zero attached hydrogens (tertiary/aromatic N) is 1. The number of nitrogens with two attached hydrogens (primary N) is 1. The molecular formula is C18H28N2. The van der Waals surface area contributed by atoms with Crippen LogP contribution in [0.2, 0.25) is 0 Å². The summed E-state index contributed by atoms with van der Waals surface area (Å²) in [5, 5.41) is 0. The zero-order valence-electron chi connectivity index (χ0n) is 12.8. The van der Waals surface area contributed by atoms with Crippen molar-refractivity contribution in [3.8, 4) is 0 Å². The molecule has 20 heavy (non-hydrogen) atoms. The normalized spacial score (nSPS) is 24.1. The summed E-state index contributed by atoms with van der Waals surface area (Å²) < 4.78 is 0. The molecule has 0 aromatic heterocycles. The molecule has 0 spiro atoms. The van der Waals surface area contributed by atoms with Gasteiger partial charge in [0.15, 0.2) is 0 Å². The van der Waals surface area contributed by atoms with Crippen LogP contribution in [-0.2, 0) is 6.42 Å². The maximum absolute atomic E-state index is 6.76. The summed E-state index contributed by atoms with van der Waals surface area (Å²) in [5.74, 6) is 0. The van der Waals surface area contributed by atoms with Crippen molar-refractivity contribution in [1.29, 1.82) is 0 Å². The first-order valence-electron chi connectivity index (χ1n) is 8.36. The molecule has 2 aliphatic rings. The van der Waals surface area contributed by atoms with Crippen LogP contribution in [0.15, 0.2) is 24.3 Å².